The number of anilines is 2. The summed E-state index contributed by atoms with van der Waals surface area (Å²) in [6.45, 7) is 0.539. The highest BCUT2D eigenvalue weighted by Crippen LogP contribution is 2.26. The quantitative estimate of drug-likeness (QED) is 0.565. The number of carbonyl (C=O) groups is 1. The molecule has 1 heterocycles. The van der Waals surface area contributed by atoms with Crippen LogP contribution in [0.4, 0.5) is 16.6 Å². The van der Waals surface area contributed by atoms with E-state index in [0.29, 0.717) is 18.5 Å². The van der Waals surface area contributed by atoms with Gasteiger partial charge in [0.15, 0.2) is 0 Å². The zero-order valence-electron chi connectivity index (χ0n) is 18.1. The van der Waals surface area contributed by atoms with E-state index < -0.39 is 0 Å². The summed E-state index contributed by atoms with van der Waals surface area (Å²) in [7, 11) is 4.00. The molecule has 7 nitrogen and oxygen atoms in total. The average molecular weight is 419 g/mol. The lowest BCUT2D eigenvalue weighted by Crippen LogP contribution is -2.44. The lowest BCUT2D eigenvalue weighted by Gasteiger charge is -2.30. The molecule has 1 aliphatic rings. The molecule has 0 aliphatic heterocycles. The van der Waals surface area contributed by atoms with Crippen LogP contribution in [0.3, 0.4) is 0 Å². The SMILES string of the molecule is CN(C)c1nc(N[C@H]2CC[C@@H](NC(=O)NCc3ccccc3)CC2)nc2ccccc12. The third-order valence-electron chi connectivity index (χ3n) is 5.70. The van der Waals surface area contributed by atoms with Crippen molar-refractivity contribution in [3.05, 3.63) is 60.2 Å². The Morgan fingerprint density at radius 3 is 2.35 bits per heavy atom. The molecule has 31 heavy (non-hydrogen) atoms. The molecule has 1 fully saturated rings. The first-order valence-corrected chi connectivity index (χ1v) is 10.9. The van der Waals surface area contributed by atoms with Gasteiger partial charge in [0.1, 0.15) is 5.82 Å². The van der Waals surface area contributed by atoms with Gasteiger partial charge in [0, 0.05) is 38.1 Å². The highest BCUT2D eigenvalue weighted by molar-refractivity contribution is 5.90. The van der Waals surface area contributed by atoms with Gasteiger partial charge >= 0.3 is 6.03 Å². The summed E-state index contributed by atoms with van der Waals surface area (Å²) in [6, 6.07) is 18.4. The predicted molar refractivity (Wildman–Crippen MR) is 125 cm³/mol. The van der Waals surface area contributed by atoms with Gasteiger partial charge in [0.25, 0.3) is 0 Å². The number of amides is 2. The number of carbonyl (C=O) groups excluding carboxylic acids is 1. The van der Waals surface area contributed by atoms with E-state index in [2.05, 4.69) is 16.0 Å². The average Bonchev–Trinajstić information content (AvgIpc) is 2.79. The molecular formula is C24H30N6O. The molecule has 0 unspecified atom stereocenters. The van der Waals surface area contributed by atoms with Crippen LogP contribution in [0, 0.1) is 0 Å². The van der Waals surface area contributed by atoms with Crippen LogP contribution in [0.2, 0.25) is 0 Å². The van der Waals surface area contributed by atoms with E-state index in [9.17, 15) is 4.79 Å². The Kier molecular flexibility index (Phi) is 6.50. The number of rotatable bonds is 6. The molecular weight excluding hydrogens is 388 g/mol. The van der Waals surface area contributed by atoms with Crippen molar-refractivity contribution < 1.29 is 4.79 Å². The molecule has 0 spiro atoms. The van der Waals surface area contributed by atoms with Crippen molar-refractivity contribution in [3.63, 3.8) is 0 Å². The van der Waals surface area contributed by atoms with Gasteiger partial charge < -0.3 is 20.9 Å². The molecule has 3 aromatic rings. The van der Waals surface area contributed by atoms with Gasteiger partial charge in [-0.2, -0.15) is 4.98 Å². The van der Waals surface area contributed by atoms with Crippen molar-refractivity contribution in [2.45, 2.75) is 44.3 Å². The number of fused-ring (bicyclic) bond motifs is 1. The minimum Gasteiger partial charge on any atom is -0.362 e. The summed E-state index contributed by atoms with van der Waals surface area (Å²) in [5, 5.41) is 10.6. The third kappa shape index (κ3) is 5.42. The highest BCUT2D eigenvalue weighted by atomic mass is 16.2. The van der Waals surface area contributed by atoms with Gasteiger partial charge in [-0.3, -0.25) is 0 Å². The zero-order valence-corrected chi connectivity index (χ0v) is 18.1. The molecule has 0 saturated heterocycles. The molecule has 162 valence electrons. The van der Waals surface area contributed by atoms with Crippen molar-refractivity contribution in [3.8, 4) is 0 Å². The number of urea groups is 1. The van der Waals surface area contributed by atoms with Gasteiger partial charge in [0.05, 0.1) is 5.52 Å². The third-order valence-corrected chi connectivity index (χ3v) is 5.70. The van der Waals surface area contributed by atoms with E-state index in [1.807, 2.05) is 73.6 Å². The smallest absolute Gasteiger partial charge is 0.315 e. The molecule has 7 heteroatoms. The van der Waals surface area contributed by atoms with Crippen LogP contribution in [0.5, 0.6) is 0 Å². The van der Waals surface area contributed by atoms with E-state index in [1.165, 1.54) is 0 Å². The Morgan fingerprint density at radius 2 is 1.61 bits per heavy atom. The van der Waals surface area contributed by atoms with Gasteiger partial charge in [0.2, 0.25) is 5.95 Å². The molecule has 1 saturated carbocycles. The fraction of sp³-hybridized carbons (Fsp3) is 0.375. The second-order valence-corrected chi connectivity index (χ2v) is 8.29. The first-order valence-electron chi connectivity index (χ1n) is 10.9. The van der Waals surface area contributed by atoms with Crippen molar-refractivity contribution in [2.75, 3.05) is 24.3 Å². The maximum Gasteiger partial charge on any atom is 0.315 e. The molecule has 2 amide bonds. The molecule has 1 aliphatic carbocycles. The fourth-order valence-electron chi connectivity index (χ4n) is 4.04. The van der Waals surface area contributed by atoms with Crippen LogP contribution in [-0.2, 0) is 6.54 Å². The molecule has 0 bridgehead atoms. The Balaban J connectivity index is 1.29. The summed E-state index contributed by atoms with van der Waals surface area (Å²) in [5.74, 6) is 1.58. The molecule has 0 atom stereocenters. The topological polar surface area (TPSA) is 82.2 Å². The van der Waals surface area contributed by atoms with Gasteiger partial charge in [-0.05, 0) is 43.4 Å². The summed E-state index contributed by atoms with van der Waals surface area (Å²) in [4.78, 5) is 23.7. The lowest BCUT2D eigenvalue weighted by atomic mass is 9.91. The minimum atomic E-state index is -0.103. The van der Waals surface area contributed by atoms with E-state index >= 15 is 0 Å². The standard InChI is InChI=1S/C24H30N6O/c1-30(2)22-20-10-6-7-11-21(20)28-23(29-22)26-18-12-14-19(15-13-18)27-24(31)25-16-17-8-4-3-5-9-17/h3-11,18-19H,12-16H2,1-2H3,(H2,25,27,31)(H,26,28,29)/t18-,19+. The number of nitrogens with one attached hydrogen (secondary N) is 3. The van der Waals surface area contributed by atoms with E-state index in [0.717, 1.165) is 48.0 Å². The molecule has 2 aromatic carbocycles. The van der Waals surface area contributed by atoms with Crippen molar-refractivity contribution in [1.29, 1.82) is 0 Å². The van der Waals surface area contributed by atoms with E-state index in [4.69, 9.17) is 9.97 Å². The van der Waals surface area contributed by atoms with Gasteiger partial charge in [-0.25, -0.2) is 9.78 Å². The highest BCUT2D eigenvalue weighted by Gasteiger charge is 2.23. The Labute approximate surface area is 183 Å². The van der Waals surface area contributed by atoms with Crippen LogP contribution in [0.1, 0.15) is 31.2 Å². The molecule has 4 rings (SSSR count). The monoisotopic (exact) mass is 418 g/mol. The zero-order chi connectivity index (χ0) is 21.6. The largest absolute Gasteiger partial charge is 0.362 e. The Bertz CT molecular complexity index is 1020. The second-order valence-electron chi connectivity index (χ2n) is 8.29. The molecule has 1 aromatic heterocycles. The summed E-state index contributed by atoms with van der Waals surface area (Å²) in [6.07, 6.45) is 3.81. The Morgan fingerprint density at radius 1 is 0.935 bits per heavy atom. The normalized spacial score (nSPS) is 18.4. The van der Waals surface area contributed by atoms with Crippen molar-refractivity contribution >= 4 is 28.7 Å². The van der Waals surface area contributed by atoms with Gasteiger partial charge in [-0.15, -0.1) is 0 Å². The number of para-hydroxylation sites is 1. The summed E-state index contributed by atoms with van der Waals surface area (Å²) >= 11 is 0. The maximum absolute atomic E-state index is 12.2. The van der Waals surface area contributed by atoms with Crippen LogP contribution < -0.4 is 20.9 Å². The van der Waals surface area contributed by atoms with E-state index in [-0.39, 0.29) is 12.1 Å². The first kappa shape index (κ1) is 20.9. The predicted octanol–water partition coefficient (Wildman–Crippen LogP) is 3.92. The number of benzene rings is 2. The van der Waals surface area contributed by atoms with Crippen LogP contribution >= 0.6 is 0 Å². The van der Waals surface area contributed by atoms with Gasteiger partial charge in [-0.1, -0.05) is 42.5 Å². The number of hydrogen-bond donors (Lipinski definition) is 3. The molecule has 3 N–H and O–H groups in total. The Hall–Kier alpha value is -3.35. The minimum absolute atomic E-state index is 0.103. The number of nitrogens with zero attached hydrogens (tertiary/aromatic N) is 3. The maximum atomic E-state index is 12.2. The van der Waals surface area contributed by atoms with Crippen LogP contribution in [-0.4, -0.2) is 42.2 Å². The molecule has 0 radical (unpaired) electrons. The fourth-order valence-corrected chi connectivity index (χ4v) is 4.04. The summed E-state index contributed by atoms with van der Waals surface area (Å²) in [5.41, 5.74) is 2.03. The van der Waals surface area contributed by atoms with Crippen LogP contribution in [0.25, 0.3) is 10.9 Å². The lowest BCUT2D eigenvalue weighted by molar-refractivity contribution is 0.231. The number of hydrogen-bond acceptors (Lipinski definition) is 5. The van der Waals surface area contributed by atoms with Crippen molar-refractivity contribution in [1.82, 2.24) is 20.6 Å². The first-order chi connectivity index (χ1) is 15.1. The number of aromatic nitrogens is 2. The van der Waals surface area contributed by atoms with E-state index in [1.54, 1.807) is 0 Å². The van der Waals surface area contributed by atoms with Crippen LogP contribution in [0.15, 0.2) is 54.6 Å². The van der Waals surface area contributed by atoms with Crippen molar-refractivity contribution in [2.24, 2.45) is 0 Å². The summed E-state index contributed by atoms with van der Waals surface area (Å²) < 4.78 is 0. The second kappa shape index (κ2) is 9.64.